The van der Waals surface area contributed by atoms with Crippen molar-refractivity contribution < 1.29 is 5.11 Å². The summed E-state index contributed by atoms with van der Waals surface area (Å²) in [6.45, 7) is 5.63. The Bertz CT molecular complexity index is 124. The Hall–Kier alpha value is -0.120. The number of likely N-dealkylation sites (N-methyl/N-ethyl adjacent to an activating group) is 1. The van der Waals surface area contributed by atoms with Crippen molar-refractivity contribution in [3.05, 3.63) is 0 Å². The van der Waals surface area contributed by atoms with Crippen molar-refractivity contribution >= 4 is 0 Å². The average Bonchev–Trinajstić information content (AvgIpc) is 2.56. The van der Waals surface area contributed by atoms with Crippen LogP contribution in [0.15, 0.2) is 0 Å². The molecule has 2 unspecified atom stereocenters. The highest BCUT2D eigenvalue weighted by atomic mass is 16.3. The molecule has 1 aliphatic heterocycles. The lowest BCUT2D eigenvalue weighted by Crippen LogP contribution is -2.37. The molecule has 3 nitrogen and oxygen atoms in total. The Balaban J connectivity index is 2.21. The maximum atomic E-state index is 8.88. The molecule has 3 heteroatoms. The number of hydrogen-bond acceptors (Lipinski definition) is 3. The van der Waals surface area contributed by atoms with Crippen LogP contribution in [0.25, 0.3) is 0 Å². The van der Waals surface area contributed by atoms with Crippen LogP contribution in [0.2, 0.25) is 0 Å². The predicted octanol–water partition coefficient (Wildman–Crippen LogP) is -0.0915. The fourth-order valence-electron chi connectivity index (χ4n) is 1.71. The summed E-state index contributed by atoms with van der Waals surface area (Å²) in [5.41, 5.74) is 0. The maximum absolute atomic E-state index is 8.88. The van der Waals surface area contributed by atoms with Gasteiger partial charge in [-0.1, -0.05) is 6.92 Å². The van der Waals surface area contributed by atoms with Gasteiger partial charge in [0.25, 0.3) is 0 Å². The van der Waals surface area contributed by atoms with Crippen LogP contribution < -0.4 is 5.32 Å². The standard InChI is InChI=1S/C9H20N2O/c1-8(7-12)6-11(2)9-3-4-10-5-9/h8-10,12H,3-7H2,1-2H3. The minimum absolute atomic E-state index is 0.296. The molecule has 1 heterocycles. The van der Waals surface area contributed by atoms with Gasteiger partial charge in [0, 0.05) is 25.7 Å². The van der Waals surface area contributed by atoms with Crippen LogP contribution >= 0.6 is 0 Å². The first-order valence-corrected chi connectivity index (χ1v) is 4.76. The number of aliphatic hydroxyl groups is 1. The van der Waals surface area contributed by atoms with Gasteiger partial charge in [-0.15, -0.1) is 0 Å². The zero-order valence-electron chi connectivity index (χ0n) is 8.08. The third-order valence-corrected chi connectivity index (χ3v) is 2.57. The van der Waals surface area contributed by atoms with E-state index in [1.165, 1.54) is 6.42 Å². The largest absolute Gasteiger partial charge is 0.396 e. The minimum Gasteiger partial charge on any atom is -0.396 e. The molecule has 12 heavy (non-hydrogen) atoms. The molecular weight excluding hydrogens is 152 g/mol. The van der Waals surface area contributed by atoms with Crippen molar-refractivity contribution in [3.8, 4) is 0 Å². The summed E-state index contributed by atoms with van der Waals surface area (Å²) in [6, 6.07) is 0.680. The second-order valence-electron chi connectivity index (χ2n) is 3.87. The quantitative estimate of drug-likeness (QED) is 0.622. The first kappa shape index (κ1) is 9.96. The molecule has 0 aromatic rings. The van der Waals surface area contributed by atoms with Gasteiger partial charge in [0.1, 0.15) is 0 Å². The third-order valence-electron chi connectivity index (χ3n) is 2.57. The average molecular weight is 172 g/mol. The summed E-state index contributed by atoms with van der Waals surface area (Å²) < 4.78 is 0. The Morgan fingerprint density at radius 2 is 2.42 bits per heavy atom. The molecule has 2 N–H and O–H groups in total. The van der Waals surface area contributed by atoms with Crippen LogP contribution in [0.1, 0.15) is 13.3 Å². The van der Waals surface area contributed by atoms with Crippen LogP contribution in [0.3, 0.4) is 0 Å². The summed E-state index contributed by atoms with van der Waals surface area (Å²) >= 11 is 0. The molecule has 1 saturated heterocycles. The second kappa shape index (κ2) is 4.80. The Kier molecular flexibility index (Phi) is 3.98. The van der Waals surface area contributed by atoms with Gasteiger partial charge in [0.2, 0.25) is 0 Å². The van der Waals surface area contributed by atoms with Gasteiger partial charge in [-0.2, -0.15) is 0 Å². The van der Waals surface area contributed by atoms with Crippen molar-refractivity contribution in [2.24, 2.45) is 5.92 Å². The third kappa shape index (κ3) is 2.73. The van der Waals surface area contributed by atoms with E-state index in [1.54, 1.807) is 0 Å². The van der Waals surface area contributed by atoms with Crippen LogP contribution in [-0.2, 0) is 0 Å². The van der Waals surface area contributed by atoms with E-state index in [0.717, 1.165) is 19.6 Å². The summed E-state index contributed by atoms with van der Waals surface area (Å²) in [4.78, 5) is 2.35. The lowest BCUT2D eigenvalue weighted by atomic mass is 10.1. The Morgan fingerprint density at radius 3 is 2.92 bits per heavy atom. The van der Waals surface area contributed by atoms with E-state index in [9.17, 15) is 0 Å². The molecule has 0 amide bonds. The van der Waals surface area contributed by atoms with E-state index in [2.05, 4.69) is 24.2 Å². The van der Waals surface area contributed by atoms with Gasteiger partial charge in [-0.3, -0.25) is 0 Å². The van der Waals surface area contributed by atoms with E-state index in [1.807, 2.05) is 0 Å². The lowest BCUT2D eigenvalue weighted by Gasteiger charge is -2.25. The zero-order chi connectivity index (χ0) is 8.97. The van der Waals surface area contributed by atoms with Crippen molar-refractivity contribution in [2.45, 2.75) is 19.4 Å². The highest BCUT2D eigenvalue weighted by Crippen LogP contribution is 2.08. The van der Waals surface area contributed by atoms with E-state index >= 15 is 0 Å². The number of rotatable bonds is 4. The number of nitrogens with one attached hydrogen (secondary N) is 1. The van der Waals surface area contributed by atoms with Gasteiger partial charge in [-0.25, -0.2) is 0 Å². The monoisotopic (exact) mass is 172 g/mol. The van der Waals surface area contributed by atoms with Gasteiger partial charge in [0.15, 0.2) is 0 Å². The number of nitrogens with zero attached hydrogens (tertiary/aromatic N) is 1. The summed E-state index contributed by atoms with van der Waals surface area (Å²) in [5.74, 6) is 0.399. The molecule has 72 valence electrons. The van der Waals surface area contributed by atoms with Crippen molar-refractivity contribution in [2.75, 3.05) is 33.3 Å². The molecular formula is C9H20N2O. The fraction of sp³-hybridized carbons (Fsp3) is 1.00. The van der Waals surface area contributed by atoms with E-state index in [4.69, 9.17) is 5.11 Å². The second-order valence-corrected chi connectivity index (χ2v) is 3.87. The van der Waals surface area contributed by atoms with E-state index < -0.39 is 0 Å². The summed E-state index contributed by atoms with van der Waals surface area (Å²) in [5, 5.41) is 12.2. The topological polar surface area (TPSA) is 35.5 Å². The van der Waals surface area contributed by atoms with Crippen molar-refractivity contribution in [1.29, 1.82) is 0 Å². The van der Waals surface area contributed by atoms with Gasteiger partial charge >= 0.3 is 0 Å². The first-order chi connectivity index (χ1) is 5.74. The molecule has 2 atom stereocenters. The number of aliphatic hydroxyl groups excluding tert-OH is 1. The molecule has 0 saturated carbocycles. The van der Waals surface area contributed by atoms with Gasteiger partial charge in [0.05, 0.1) is 0 Å². The van der Waals surface area contributed by atoms with Crippen LogP contribution in [0, 0.1) is 5.92 Å². The van der Waals surface area contributed by atoms with Crippen molar-refractivity contribution in [3.63, 3.8) is 0 Å². The Labute approximate surface area is 74.8 Å². The summed E-state index contributed by atoms with van der Waals surface area (Å²) in [6.07, 6.45) is 1.24. The van der Waals surface area contributed by atoms with Gasteiger partial charge in [-0.05, 0) is 25.9 Å². The molecule has 1 rings (SSSR count). The fourth-order valence-corrected chi connectivity index (χ4v) is 1.71. The number of hydrogen-bond donors (Lipinski definition) is 2. The molecule has 0 aliphatic carbocycles. The lowest BCUT2D eigenvalue weighted by molar-refractivity contribution is 0.167. The van der Waals surface area contributed by atoms with Crippen molar-refractivity contribution in [1.82, 2.24) is 10.2 Å². The molecule has 1 aliphatic rings. The highest BCUT2D eigenvalue weighted by molar-refractivity contribution is 4.79. The maximum Gasteiger partial charge on any atom is 0.0468 e. The molecule has 1 fully saturated rings. The molecule has 0 aromatic carbocycles. The molecule has 0 aromatic heterocycles. The van der Waals surface area contributed by atoms with Gasteiger partial charge < -0.3 is 15.3 Å². The SMILES string of the molecule is CC(CO)CN(C)C1CCNC1. The highest BCUT2D eigenvalue weighted by Gasteiger charge is 2.19. The van der Waals surface area contributed by atoms with Crippen LogP contribution in [0.5, 0.6) is 0 Å². The predicted molar refractivity (Wildman–Crippen MR) is 50.2 cm³/mol. The Morgan fingerprint density at radius 1 is 1.67 bits per heavy atom. The van der Waals surface area contributed by atoms with E-state index in [0.29, 0.717) is 18.6 Å². The molecule has 0 radical (unpaired) electrons. The molecule has 0 spiro atoms. The normalized spacial score (nSPS) is 26.5. The zero-order valence-corrected chi connectivity index (χ0v) is 8.08. The first-order valence-electron chi connectivity index (χ1n) is 4.76. The smallest absolute Gasteiger partial charge is 0.0468 e. The molecule has 0 bridgehead atoms. The summed E-state index contributed by atoms with van der Waals surface area (Å²) in [7, 11) is 2.14. The van der Waals surface area contributed by atoms with Crippen LogP contribution in [-0.4, -0.2) is 49.3 Å². The minimum atomic E-state index is 0.296. The van der Waals surface area contributed by atoms with Crippen LogP contribution in [0.4, 0.5) is 0 Å². The van der Waals surface area contributed by atoms with E-state index in [-0.39, 0.29) is 0 Å².